The summed E-state index contributed by atoms with van der Waals surface area (Å²) in [5.74, 6) is 1.16. The summed E-state index contributed by atoms with van der Waals surface area (Å²) in [6.07, 6.45) is 3.20. The van der Waals surface area contributed by atoms with E-state index in [-0.39, 0.29) is 18.4 Å². The lowest BCUT2D eigenvalue weighted by Crippen LogP contribution is -2.03. The second-order valence-corrected chi connectivity index (χ2v) is 6.49. The Labute approximate surface area is 174 Å². The van der Waals surface area contributed by atoms with E-state index < -0.39 is 0 Å². The summed E-state index contributed by atoms with van der Waals surface area (Å²) < 4.78 is 12.4. The average molecular weight is 413 g/mol. The molecule has 0 amide bonds. The normalized spacial score (nSPS) is 10.6. The Kier molecular flexibility index (Phi) is 5.89. The predicted molar refractivity (Wildman–Crippen MR) is 113 cm³/mol. The van der Waals surface area contributed by atoms with Crippen LogP contribution < -0.4 is 5.32 Å². The smallest absolute Gasteiger partial charge is 0.337 e. The van der Waals surface area contributed by atoms with E-state index in [2.05, 4.69) is 33.7 Å². The van der Waals surface area contributed by atoms with Crippen LogP contribution in [0.1, 0.15) is 27.4 Å². The molecule has 4 aromatic rings. The van der Waals surface area contributed by atoms with Crippen molar-refractivity contribution in [3.63, 3.8) is 0 Å². The van der Waals surface area contributed by atoms with Crippen LogP contribution in [0, 0.1) is 13.8 Å². The monoisotopic (exact) mass is 412 g/mol. The number of carbonyl (C=O) groups is 1. The fraction of sp³-hybridized carbons (Fsp3) is 0.190. The van der Waals surface area contributed by atoms with Gasteiger partial charge >= 0.3 is 5.97 Å². The number of furan rings is 1. The van der Waals surface area contributed by atoms with Crippen molar-refractivity contribution in [2.75, 3.05) is 12.4 Å². The Balaban J connectivity index is 0.00000240. The number of halogens is 1. The second-order valence-electron chi connectivity index (χ2n) is 6.49. The fourth-order valence-corrected chi connectivity index (χ4v) is 3.29. The highest BCUT2D eigenvalue weighted by molar-refractivity contribution is 5.94. The van der Waals surface area contributed by atoms with Gasteiger partial charge in [-0.15, -0.1) is 12.4 Å². The van der Waals surface area contributed by atoms with Crippen LogP contribution in [0.3, 0.4) is 0 Å². The number of methoxy groups -OCH3 is 1. The number of nitrogens with zero attached hydrogens (tertiary/aromatic N) is 3. The molecule has 0 aliphatic rings. The van der Waals surface area contributed by atoms with Gasteiger partial charge in [0.15, 0.2) is 0 Å². The molecule has 0 unspecified atom stereocenters. The molecule has 0 saturated heterocycles. The number of anilines is 2. The van der Waals surface area contributed by atoms with Gasteiger partial charge in [0.05, 0.1) is 30.9 Å². The molecule has 0 aliphatic carbocycles. The fourth-order valence-electron chi connectivity index (χ4n) is 3.29. The van der Waals surface area contributed by atoms with Crippen LogP contribution in [-0.2, 0) is 11.3 Å². The summed E-state index contributed by atoms with van der Waals surface area (Å²) in [4.78, 5) is 20.7. The molecule has 0 radical (unpaired) electrons. The standard InChI is InChI=1S/C21H20N4O3.ClH/c1-13-14(2)25(11-17-8-5-9-28-17)20-18(13)19(22-12-23-20)24-16-7-4-6-15(10-16)21(26)27-3;/h4-10,12H,11H2,1-3H3,(H,22,23,24);1H. The molecule has 1 N–H and O–H groups in total. The lowest BCUT2D eigenvalue weighted by Gasteiger charge is -2.09. The van der Waals surface area contributed by atoms with Crippen molar-refractivity contribution in [2.24, 2.45) is 0 Å². The molecule has 4 rings (SSSR count). The molecule has 0 saturated carbocycles. The molecule has 3 heterocycles. The Bertz CT molecular complexity index is 1150. The molecule has 0 aliphatic heterocycles. The molecule has 150 valence electrons. The van der Waals surface area contributed by atoms with Crippen molar-refractivity contribution in [3.8, 4) is 0 Å². The van der Waals surface area contributed by atoms with Gasteiger partial charge in [-0.3, -0.25) is 0 Å². The predicted octanol–water partition coefficient (Wildman–Crippen LogP) is 4.64. The summed E-state index contributed by atoms with van der Waals surface area (Å²) in [5.41, 5.74) is 4.24. The van der Waals surface area contributed by atoms with Crippen molar-refractivity contribution < 1.29 is 13.9 Å². The van der Waals surface area contributed by atoms with Gasteiger partial charge in [0.1, 0.15) is 23.6 Å². The number of hydrogen-bond donors (Lipinski definition) is 1. The highest BCUT2D eigenvalue weighted by atomic mass is 35.5. The number of ether oxygens (including phenoxy) is 1. The number of esters is 1. The van der Waals surface area contributed by atoms with Crippen LogP contribution in [0.5, 0.6) is 0 Å². The number of hydrogen-bond acceptors (Lipinski definition) is 6. The third-order valence-electron chi connectivity index (χ3n) is 4.85. The molecular formula is C21H21ClN4O3. The van der Waals surface area contributed by atoms with Gasteiger partial charge in [0.2, 0.25) is 0 Å². The molecule has 1 aromatic carbocycles. The minimum Gasteiger partial charge on any atom is -0.467 e. The van der Waals surface area contributed by atoms with Gasteiger partial charge in [-0.05, 0) is 49.7 Å². The Morgan fingerprint density at radius 1 is 1.21 bits per heavy atom. The zero-order valence-electron chi connectivity index (χ0n) is 16.3. The van der Waals surface area contributed by atoms with E-state index in [4.69, 9.17) is 9.15 Å². The van der Waals surface area contributed by atoms with Crippen molar-refractivity contribution >= 4 is 40.9 Å². The van der Waals surface area contributed by atoms with E-state index in [1.807, 2.05) is 18.2 Å². The van der Waals surface area contributed by atoms with Gasteiger partial charge in [-0.25, -0.2) is 14.8 Å². The zero-order chi connectivity index (χ0) is 19.7. The highest BCUT2D eigenvalue weighted by Gasteiger charge is 2.17. The third-order valence-corrected chi connectivity index (χ3v) is 4.85. The maximum atomic E-state index is 11.8. The van der Waals surface area contributed by atoms with Crippen molar-refractivity contribution in [1.82, 2.24) is 14.5 Å². The van der Waals surface area contributed by atoms with E-state index in [1.54, 1.807) is 24.5 Å². The van der Waals surface area contributed by atoms with Gasteiger partial charge in [-0.1, -0.05) is 6.07 Å². The summed E-state index contributed by atoms with van der Waals surface area (Å²) in [5, 5.41) is 4.25. The molecule has 7 nitrogen and oxygen atoms in total. The van der Waals surface area contributed by atoms with Crippen LogP contribution in [-0.4, -0.2) is 27.6 Å². The number of benzene rings is 1. The topological polar surface area (TPSA) is 82.2 Å². The van der Waals surface area contributed by atoms with Gasteiger partial charge in [-0.2, -0.15) is 0 Å². The Morgan fingerprint density at radius 2 is 2.03 bits per heavy atom. The van der Waals surface area contributed by atoms with Crippen molar-refractivity contribution in [3.05, 3.63) is 71.6 Å². The van der Waals surface area contributed by atoms with Gasteiger partial charge in [0.25, 0.3) is 0 Å². The number of carbonyl (C=O) groups excluding carboxylic acids is 1. The molecule has 29 heavy (non-hydrogen) atoms. The van der Waals surface area contributed by atoms with E-state index in [0.717, 1.165) is 33.7 Å². The number of fused-ring (bicyclic) bond motifs is 1. The summed E-state index contributed by atoms with van der Waals surface area (Å²) in [7, 11) is 1.37. The molecule has 0 atom stereocenters. The van der Waals surface area contributed by atoms with E-state index in [1.165, 1.54) is 13.4 Å². The van der Waals surface area contributed by atoms with Crippen LogP contribution in [0.15, 0.2) is 53.4 Å². The number of rotatable bonds is 5. The first-order valence-corrected chi connectivity index (χ1v) is 8.86. The Morgan fingerprint density at radius 3 is 2.76 bits per heavy atom. The Hall–Kier alpha value is -3.32. The van der Waals surface area contributed by atoms with E-state index >= 15 is 0 Å². The van der Waals surface area contributed by atoms with Crippen molar-refractivity contribution in [2.45, 2.75) is 20.4 Å². The molecular weight excluding hydrogens is 392 g/mol. The largest absolute Gasteiger partial charge is 0.467 e. The second kappa shape index (κ2) is 8.36. The zero-order valence-corrected chi connectivity index (χ0v) is 17.1. The summed E-state index contributed by atoms with van der Waals surface area (Å²) in [6.45, 7) is 4.70. The average Bonchev–Trinajstić information content (AvgIpc) is 3.31. The molecule has 3 aromatic heterocycles. The minimum absolute atomic E-state index is 0. The SMILES string of the molecule is COC(=O)c1cccc(Nc2ncnc3c2c(C)c(C)n3Cc2ccco2)c1.Cl. The number of aryl methyl sites for hydroxylation is 1. The maximum absolute atomic E-state index is 11.8. The molecule has 8 heteroatoms. The first kappa shape index (κ1) is 20.4. The van der Waals surface area contributed by atoms with Gasteiger partial charge in [0, 0.05) is 11.4 Å². The molecule has 0 bridgehead atoms. The lowest BCUT2D eigenvalue weighted by molar-refractivity contribution is 0.0601. The summed E-state index contributed by atoms with van der Waals surface area (Å²) >= 11 is 0. The first-order chi connectivity index (χ1) is 13.6. The summed E-state index contributed by atoms with van der Waals surface area (Å²) in [6, 6.07) is 10.9. The maximum Gasteiger partial charge on any atom is 0.337 e. The molecule has 0 fully saturated rings. The van der Waals surface area contributed by atoms with Crippen LogP contribution in [0.4, 0.5) is 11.5 Å². The number of nitrogens with one attached hydrogen (secondary N) is 1. The van der Waals surface area contributed by atoms with Gasteiger partial charge < -0.3 is 19.0 Å². The van der Waals surface area contributed by atoms with Crippen molar-refractivity contribution in [1.29, 1.82) is 0 Å². The quantitative estimate of drug-likeness (QED) is 0.481. The lowest BCUT2D eigenvalue weighted by atomic mass is 10.2. The van der Waals surface area contributed by atoms with Crippen LogP contribution in [0.2, 0.25) is 0 Å². The minimum atomic E-state index is -0.381. The molecule has 0 spiro atoms. The van der Waals surface area contributed by atoms with E-state index in [9.17, 15) is 4.79 Å². The number of aromatic nitrogens is 3. The van der Waals surface area contributed by atoms with Crippen LogP contribution >= 0.6 is 12.4 Å². The van der Waals surface area contributed by atoms with Crippen LogP contribution in [0.25, 0.3) is 11.0 Å². The first-order valence-electron chi connectivity index (χ1n) is 8.86. The van der Waals surface area contributed by atoms with E-state index in [0.29, 0.717) is 17.9 Å². The third kappa shape index (κ3) is 3.82. The highest BCUT2D eigenvalue weighted by Crippen LogP contribution is 2.31.